The third-order valence-electron chi connectivity index (χ3n) is 2.34. The van der Waals surface area contributed by atoms with Gasteiger partial charge in [0.05, 0.1) is 0 Å². The standard InChI is InChI=1S/C12H10F2N2O2/c1-8-15-5-4-12(17)16(8)18-7-9-2-3-10(13)6-11(9)14/h2-6H,7H2,1H3. The monoisotopic (exact) mass is 252 g/mol. The molecule has 0 N–H and O–H groups in total. The van der Waals surface area contributed by atoms with Gasteiger partial charge in [0.25, 0.3) is 5.56 Å². The quantitative estimate of drug-likeness (QED) is 0.830. The summed E-state index contributed by atoms with van der Waals surface area (Å²) in [5, 5.41) is 0. The summed E-state index contributed by atoms with van der Waals surface area (Å²) in [5.41, 5.74) is -0.239. The zero-order chi connectivity index (χ0) is 13.1. The van der Waals surface area contributed by atoms with Gasteiger partial charge < -0.3 is 4.84 Å². The minimum Gasteiger partial charge on any atom is -0.404 e. The van der Waals surface area contributed by atoms with Gasteiger partial charge in [-0.1, -0.05) is 0 Å². The Hall–Kier alpha value is -2.24. The van der Waals surface area contributed by atoms with E-state index in [9.17, 15) is 13.6 Å². The Bertz CT molecular complexity index is 626. The molecule has 18 heavy (non-hydrogen) atoms. The van der Waals surface area contributed by atoms with E-state index in [2.05, 4.69) is 4.98 Å². The molecule has 0 atom stereocenters. The first-order valence-electron chi connectivity index (χ1n) is 5.20. The second-order valence-corrected chi connectivity index (χ2v) is 3.63. The second-order valence-electron chi connectivity index (χ2n) is 3.63. The van der Waals surface area contributed by atoms with Gasteiger partial charge in [-0.25, -0.2) is 13.8 Å². The van der Waals surface area contributed by atoms with Crippen LogP contribution in [0.15, 0.2) is 35.3 Å². The average molecular weight is 252 g/mol. The Morgan fingerprint density at radius 2 is 2.11 bits per heavy atom. The molecule has 1 aromatic carbocycles. The van der Waals surface area contributed by atoms with Crippen molar-refractivity contribution in [2.45, 2.75) is 13.5 Å². The smallest absolute Gasteiger partial charge is 0.286 e. The number of rotatable bonds is 3. The molecule has 0 amide bonds. The summed E-state index contributed by atoms with van der Waals surface area (Å²) in [6.45, 7) is 1.40. The van der Waals surface area contributed by atoms with Crippen molar-refractivity contribution in [1.82, 2.24) is 9.71 Å². The number of hydrogen-bond acceptors (Lipinski definition) is 3. The normalized spacial score (nSPS) is 10.4. The molecule has 6 heteroatoms. The van der Waals surface area contributed by atoms with E-state index in [0.717, 1.165) is 16.9 Å². The van der Waals surface area contributed by atoms with E-state index in [0.29, 0.717) is 5.82 Å². The summed E-state index contributed by atoms with van der Waals surface area (Å²) in [7, 11) is 0. The fraction of sp³-hybridized carbons (Fsp3) is 0.167. The molecule has 0 saturated heterocycles. The van der Waals surface area contributed by atoms with Gasteiger partial charge in [-0.15, -0.1) is 4.73 Å². The van der Waals surface area contributed by atoms with Crippen LogP contribution in [0.5, 0.6) is 0 Å². The lowest BCUT2D eigenvalue weighted by atomic mass is 10.2. The fourth-order valence-corrected chi connectivity index (χ4v) is 1.42. The van der Waals surface area contributed by atoms with Crippen LogP contribution in [-0.4, -0.2) is 9.71 Å². The lowest BCUT2D eigenvalue weighted by Gasteiger charge is -2.10. The molecule has 0 fully saturated rings. The van der Waals surface area contributed by atoms with Gasteiger partial charge >= 0.3 is 0 Å². The average Bonchev–Trinajstić information content (AvgIpc) is 2.31. The molecule has 0 aliphatic heterocycles. The van der Waals surface area contributed by atoms with E-state index in [1.807, 2.05) is 0 Å². The van der Waals surface area contributed by atoms with Crippen molar-refractivity contribution in [3.8, 4) is 0 Å². The van der Waals surface area contributed by atoms with E-state index in [1.54, 1.807) is 6.92 Å². The number of aryl methyl sites for hydroxylation is 1. The molecule has 1 aromatic heterocycles. The summed E-state index contributed by atoms with van der Waals surface area (Å²) >= 11 is 0. The molecule has 94 valence electrons. The molecule has 0 saturated carbocycles. The molecule has 0 aliphatic carbocycles. The predicted molar refractivity (Wildman–Crippen MR) is 59.9 cm³/mol. The van der Waals surface area contributed by atoms with E-state index in [4.69, 9.17) is 4.84 Å². The van der Waals surface area contributed by atoms with Gasteiger partial charge in [0.15, 0.2) is 0 Å². The number of nitrogens with zero attached hydrogens (tertiary/aromatic N) is 2. The number of benzene rings is 1. The summed E-state index contributed by atoms with van der Waals surface area (Å²) < 4.78 is 27.0. The highest BCUT2D eigenvalue weighted by atomic mass is 19.1. The molecular weight excluding hydrogens is 242 g/mol. The van der Waals surface area contributed by atoms with Crippen LogP contribution >= 0.6 is 0 Å². The Morgan fingerprint density at radius 1 is 1.33 bits per heavy atom. The molecule has 0 radical (unpaired) electrons. The van der Waals surface area contributed by atoms with Crippen molar-refractivity contribution in [1.29, 1.82) is 0 Å². The topological polar surface area (TPSA) is 44.1 Å². The van der Waals surface area contributed by atoms with Crippen LogP contribution in [0, 0.1) is 18.6 Å². The minimum atomic E-state index is -0.718. The first-order valence-corrected chi connectivity index (χ1v) is 5.20. The largest absolute Gasteiger partial charge is 0.404 e. The second kappa shape index (κ2) is 4.95. The van der Waals surface area contributed by atoms with Gasteiger partial charge in [-0.05, 0) is 19.1 Å². The van der Waals surface area contributed by atoms with Crippen molar-refractivity contribution < 1.29 is 13.6 Å². The molecule has 1 heterocycles. The van der Waals surface area contributed by atoms with E-state index in [1.165, 1.54) is 18.3 Å². The highest BCUT2D eigenvalue weighted by Gasteiger charge is 2.06. The highest BCUT2D eigenvalue weighted by Crippen LogP contribution is 2.09. The maximum absolute atomic E-state index is 13.3. The zero-order valence-electron chi connectivity index (χ0n) is 9.56. The van der Waals surface area contributed by atoms with E-state index in [-0.39, 0.29) is 12.2 Å². The van der Waals surface area contributed by atoms with Crippen LogP contribution in [0.3, 0.4) is 0 Å². The summed E-state index contributed by atoms with van der Waals surface area (Å²) in [4.78, 5) is 20.5. The third-order valence-corrected chi connectivity index (χ3v) is 2.34. The van der Waals surface area contributed by atoms with Crippen LogP contribution < -0.4 is 10.4 Å². The van der Waals surface area contributed by atoms with E-state index >= 15 is 0 Å². The summed E-state index contributed by atoms with van der Waals surface area (Å²) in [5.74, 6) is -1.03. The lowest BCUT2D eigenvalue weighted by molar-refractivity contribution is 0.0797. The molecule has 0 aliphatic rings. The minimum absolute atomic E-state index is 0.159. The molecule has 2 rings (SSSR count). The Morgan fingerprint density at radius 3 is 2.78 bits per heavy atom. The van der Waals surface area contributed by atoms with Crippen LogP contribution in [0.4, 0.5) is 8.78 Å². The Balaban J connectivity index is 2.19. The molecular formula is C12H10F2N2O2. The summed E-state index contributed by atoms with van der Waals surface area (Å²) in [6, 6.07) is 4.38. The third kappa shape index (κ3) is 2.53. The van der Waals surface area contributed by atoms with E-state index < -0.39 is 17.2 Å². The maximum Gasteiger partial charge on any atom is 0.286 e. The fourth-order valence-electron chi connectivity index (χ4n) is 1.42. The van der Waals surface area contributed by atoms with Crippen molar-refractivity contribution in [3.63, 3.8) is 0 Å². The van der Waals surface area contributed by atoms with Crippen molar-refractivity contribution in [2.24, 2.45) is 0 Å². The molecule has 0 unspecified atom stereocenters. The predicted octanol–water partition coefficient (Wildman–Crippen LogP) is 1.46. The number of halogens is 2. The van der Waals surface area contributed by atoms with Crippen molar-refractivity contribution in [3.05, 3.63) is 63.8 Å². The van der Waals surface area contributed by atoms with Crippen molar-refractivity contribution >= 4 is 0 Å². The van der Waals surface area contributed by atoms with Crippen molar-refractivity contribution in [2.75, 3.05) is 0 Å². The number of aromatic nitrogens is 2. The molecule has 0 bridgehead atoms. The van der Waals surface area contributed by atoms with Gasteiger partial charge in [0.2, 0.25) is 0 Å². The number of hydrogen-bond donors (Lipinski definition) is 0. The Kier molecular flexibility index (Phi) is 3.36. The van der Waals surface area contributed by atoms with Gasteiger partial charge in [-0.3, -0.25) is 4.79 Å². The zero-order valence-corrected chi connectivity index (χ0v) is 9.56. The van der Waals surface area contributed by atoms with Gasteiger partial charge in [0.1, 0.15) is 24.1 Å². The molecule has 0 spiro atoms. The highest BCUT2D eigenvalue weighted by molar-refractivity contribution is 5.17. The maximum atomic E-state index is 13.3. The van der Waals surface area contributed by atoms with Crippen LogP contribution in [0.2, 0.25) is 0 Å². The lowest BCUT2D eigenvalue weighted by Crippen LogP contribution is -2.28. The molecule has 2 aromatic rings. The summed E-state index contributed by atoms with van der Waals surface area (Å²) in [6.07, 6.45) is 1.36. The van der Waals surface area contributed by atoms with Crippen LogP contribution in [-0.2, 0) is 6.61 Å². The molecule has 4 nitrogen and oxygen atoms in total. The Labute approximate surface area is 101 Å². The van der Waals surface area contributed by atoms with Gasteiger partial charge in [-0.2, -0.15) is 0 Å². The SMILES string of the molecule is Cc1nccc(=O)n1OCc1ccc(F)cc1F. The van der Waals surface area contributed by atoms with Gasteiger partial charge in [0, 0.05) is 23.9 Å². The first-order chi connectivity index (χ1) is 8.58. The van der Waals surface area contributed by atoms with Crippen LogP contribution in [0.25, 0.3) is 0 Å². The van der Waals surface area contributed by atoms with Crippen LogP contribution in [0.1, 0.15) is 11.4 Å². The first kappa shape index (κ1) is 12.2.